The molecule has 1 heterocycles. The minimum absolute atomic E-state index is 0.0496. The maximum atomic E-state index is 12.0. The van der Waals surface area contributed by atoms with Crippen molar-refractivity contribution in [3.63, 3.8) is 0 Å². The van der Waals surface area contributed by atoms with Gasteiger partial charge in [0, 0.05) is 18.2 Å². The molecule has 126 valence electrons. The highest BCUT2D eigenvalue weighted by Crippen LogP contribution is 2.20. The normalized spacial score (nSPS) is 14.5. The third-order valence-electron chi connectivity index (χ3n) is 3.31. The highest BCUT2D eigenvalue weighted by atomic mass is 32.2. The summed E-state index contributed by atoms with van der Waals surface area (Å²) in [5.41, 5.74) is 0.487. The SMILES string of the molecule is N#CCCS(=O)(=O)c1ccc(NC2=CC(=O)N(CCO)C2=O)cc1. The second kappa shape index (κ2) is 7.25. The third-order valence-corrected chi connectivity index (χ3v) is 5.04. The van der Waals surface area contributed by atoms with Crippen LogP contribution in [0.5, 0.6) is 0 Å². The van der Waals surface area contributed by atoms with Crippen molar-refractivity contribution in [1.82, 2.24) is 4.90 Å². The molecule has 2 amide bonds. The van der Waals surface area contributed by atoms with Gasteiger partial charge in [0.2, 0.25) is 0 Å². The summed E-state index contributed by atoms with van der Waals surface area (Å²) in [6.07, 6.45) is 1.03. The van der Waals surface area contributed by atoms with Gasteiger partial charge in [0.05, 0.1) is 29.9 Å². The molecule has 0 spiro atoms. The van der Waals surface area contributed by atoms with Crippen LogP contribution >= 0.6 is 0 Å². The van der Waals surface area contributed by atoms with Gasteiger partial charge in [0.15, 0.2) is 9.84 Å². The Hall–Kier alpha value is -2.70. The lowest BCUT2D eigenvalue weighted by Crippen LogP contribution is -2.34. The van der Waals surface area contributed by atoms with Crippen molar-refractivity contribution >= 4 is 27.3 Å². The first-order chi connectivity index (χ1) is 11.4. The van der Waals surface area contributed by atoms with Crippen molar-refractivity contribution in [3.8, 4) is 6.07 Å². The molecule has 1 aliphatic heterocycles. The molecule has 0 fully saturated rings. The van der Waals surface area contributed by atoms with E-state index in [2.05, 4.69) is 5.32 Å². The van der Waals surface area contributed by atoms with E-state index in [1.54, 1.807) is 6.07 Å². The van der Waals surface area contributed by atoms with Crippen LogP contribution in [0.3, 0.4) is 0 Å². The number of nitrogens with zero attached hydrogens (tertiary/aromatic N) is 2. The van der Waals surface area contributed by atoms with Crippen molar-refractivity contribution in [2.24, 2.45) is 0 Å². The fraction of sp³-hybridized carbons (Fsp3) is 0.267. The Balaban J connectivity index is 2.11. The number of aliphatic hydroxyl groups is 1. The number of aliphatic hydroxyl groups excluding tert-OH is 1. The van der Waals surface area contributed by atoms with Crippen LogP contribution in [0.4, 0.5) is 5.69 Å². The quantitative estimate of drug-likeness (QED) is 0.665. The van der Waals surface area contributed by atoms with Crippen LogP contribution in [0.25, 0.3) is 0 Å². The van der Waals surface area contributed by atoms with Crippen LogP contribution < -0.4 is 5.32 Å². The predicted molar refractivity (Wildman–Crippen MR) is 84.2 cm³/mol. The van der Waals surface area contributed by atoms with E-state index < -0.39 is 21.7 Å². The standard InChI is InChI=1S/C15H15N3O5S/c16-6-1-9-24(22,23)12-4-2-11(3-5-12)17-13-10-14(20)18(7-8-19)15(13)21/h2-5,10,17,19H,1,7-9H2. The highest BCUT2D eigenvalue weighted by Gasteiger charge is 2.30. The zero-order valence-electron chi connectivity index (χ0n) is 12.6. The molecular weight excluding hydrogens is 334 g/mol. The Morgan fingerprint density at radius 2 is 1.88 bits per heavy atom. The molecule has 0 aromatic heterocycles. The molecule has 0 saturated heterocycles. The number of amides is 2. The average Bonchev–Trinajstić information content (AvgIpc) is 2.81. The fourth-order valence-electron chi connectivity index (χ4n) is 2.11. The first-order valence-corrected chi connectivity index (χ1v) is 8.69. The van der Waals surface area contributed by atoms with Crippen molar-refractivity contribution < 1.29 is 23.1 Å². The molecule has 0 radical (unpaired) electrons. The van der Waals surface area contributed by atoms with Gasteiger partial charge < -0.3 is 10.4 Å². The number of imide groups is 1. The van der Waals surface area contributed by atoms with Crippen LogP contribution in [-0.2, 0) is 19.4 Å². The number of hydrogen-bond donors (Lipinski definition) is 2. The van der Waals surface area contributed by atoms with Crippen molar-refractivity contribution in [2.75, 3.05) is 24.2 Å². The Morgan fingerprint density at radius 1 is 1.21 bits per heavy atom. The number of anilines is 1. The molecule has 1 aromatic carbocycles. The van der Waals surface area contributed by atoms with Crippen molar-refractivity contribution in [3.05, 3.63) is 36.0 Å². The van der Waals surface area contributed by atoms with E-state index in [-0.39, 0.29) is 35.9 Å². The van der Waals surface area contributed by atoms with E-state index in [1.807, 2.05) is 0 Å². The molecule has 0 aliphatic carbocycles. The number of β-amino-alcohol motifs (C(OH)–C–C–N with tert-alkyl or cyclic N) is 1. The van der Waals surface area contributed by atoms with Gasteiger partial charge >= 0.3 is 0 Å². The second-order valence-electron chi connectivity index (χ2n) is 4.95. The number of nitriles is 1. The summed E-state index contributed by atoms with van der Waals surface area (Å²) < 4.78 is 23.9. The van der Waals surface area contributed by atoms with E-state index in [0.29, 0.717) is 5.69 Å². The Morgan fingerprint density at radius 3 is 2.46 bits per heavy atom. The van der Waals surface area contributed by atoms with Crippen molar-refractivity contribution in [2.45, 2.75) is 11.3 Å². The van der Waals surface area contributed by atoms with Gasteiger partial charge in [-0.25, -0.2) is 8.42 Å². The van der Waals surface area contributed by atoms with Crippen LogP contribution in [0.2, 0.25) is 0 Å². The largest absolute Gasteiger partial charge is 0.395 e. The van der Waals surface area contributed by atoms with Gasteiger partial charge in [-0.05, 0) is 24.3 Å². The third kappa shape index (κ3) is 3.79. The highest BCUT2D eigenvalue weighted by molar-refractivity contribution is 7.91. The molecule has 0 unspecified atom stereocenters. The molecule has 0 atom stereocenters. The van der Waals surface area contributed by atoms with Gasteiger partial charge in [-0.2, -0.15) is 5.26 Å². The minimum Gasteiger partial charge on any atom is -0.395 e. The summed E-state index contributed by atoms with van der Waals surface area (Å²) in [5, 5.41) is 20.1. The van der Waals surface area contributed by atoms with Crippen LogP contribution in [0.15, 0.2) is 40.9 Å². The maximum Gasteiger partial charge on any atom is 0.277 e. The molecular formula is C15H15N3O5S. The van der Waals surface area contributed by atoms with E-state index in [9.17, 15) is 18.0 Å². The minimum atomic E-state index is -3.52. The molecule has 9 heteroatoms. The summed E-state index contributed by atoms with van der Waals surface area (Å²) in [7, 11) is -3.52. The topological polar surface area (TPSA) is 128 Å². The summed E-state index contributed by atoms with van der Waals surface area (Å²) in [6.45, 7) is -0.413. The van der Waals surface area contributed by atoms with E-state index in [0.717, 1.165) is 11.0 Å². The number of sulfone groups is 1. The molecule has 24 heavy (non-hydrogen) atoms. The Bertz CT molecular complexity index is 822. The number of hydrogen-bond acceptors (Lipinski definition) is 7. The Labute approximate surface area is 138 Å². The fourth-order valence-corrected chi connectivity index (χ4v) is 3.26. The van der Waals surface area contributed by atoms with Crippen LogP contribution in [-0.4, -0.2) is 49.1 Å². The predicted octanol–water partition coefficient (Wildman–Crippen LogP) is 0.0309. The van der Waals surface area contributed by atoms with Gasteiger partial charge in [-0.1, -0.05) is 0 Å². The number of carbonyl (C=O) groups excluding carboxylic acids is 2. The molecule has 1 aromatic rings. The van der Waals surface area contributed by atoms with Gasteiger partial charge in [-0.15, -0.1) is 0 Å². The zero-order valence-corrected chi connectivity index (χ0v) is 13.4. The monoisotopic (exact) mass is 349 g/mol. The molecule has 8 nitrogen and oxygen atoms in total. The van der Waals surface area contributed by atoms with E-state index in [4.69, 9.17) is 10.4 Å². The van der Waals surface area contributed by atoms with E-state index in [1.165, 1.54) is 24.3 Å². The van der Waals surface area contributed by atoms with Crippen LogP contribution in [0.1, 0.15) is 6.42 Å². The smallest absolute Gasteiger partial charge is 0.277 e. The Kier molecular flexibility index (Phi) is 5.33. The summed E-state index contributed by atoms with van der Waals surface area (Å²) in [4.78, 5) is 24.6. The lowest BCUT2D eigenvalue weighted by Gasteiger charge is -2.13. The number of rotatable bonds is 7. The van der Waals surface area contributed by atoms with Gasteiger partial charge in [0.1, 0.15) is 5.70 Å². The molecule has 2 rings (SSSR count). The lowest BCUT2D eigenvalue weighted by atomic mass is 10.3. The number of carbonyl (C=O) groups is 2. The number of nitrogens with one attached hydrogen (secondary N) is 1. The maximum absolute atomic E-state index is 12.0. The van der Waals surface area contributed by atoms with Gasteiger partial charge in [-0.3, -0.25) is 14.5 Å². The molecule has 2 N–H and O–H groups in total. The van der Waals surface area contributed by atoms with E-state index >= 15 is 0 Å². The first-order valence-electron chi connectivity index (χ1n) is 7.04. The van der Waals surface area contributed by atoms with Crippen molar-refractivity contribution in [1.29, 1.82) is 5.26 Å². The molecule has 1 aliphatic rings. The lowest BCUT2D eigenvalue weighted by molar-refractivity contribution is -0.137. The number of benzene rings is 1. The summed E-state index contributed by atoms with van der Waals surface area (Å²) >= 11 is 0. The first kappa shape index (κ1) is 17.7. The molecule has 0 bridgehead atoms. The molecule has 0 saturated carbocycles. The zero-order chi connectivity index (χ0) is 17.7. The average molecular weight is 349 g/mol. The van der Waals surface area contributed by atoms with Gasteiger partial charge in [0.25, 0.3) is 11.8 Å². The second-order valence-corrected chi connectivity index (χ2v) is 7.06. The van der Waals surface area contributed by atoms with Crippen LogP contribution in [0, 0.1) is 11.3 Å². The summed E-state index contributed by atoms with van der Waals surface area (Å²) in [5.74, 6) is -1.34. The summed E-state index contributed by atoms with van der Waals surface area (Å²) in [6, 6.07) is 7.44.